The minimum Gasteiger partial charge on any atom is -0.497 e. The summed E-state index contributed by atoms with van der Waals surface area (Å²) in [5, 5.41) is 0. The fourth-order valence-corrected chi connectivity index (χ4v) is 4.80. The SMILES string of the molecule is COc1ccc(C(=O)N2C[C@H](C(=O)N(C)Cc3ccccc3)[C@H](c3cc(OC)ccc3OC)C2)cc1. The van der Waals surface area contributed by atoms with Gasteiger partial charge in [-0.15, -0.1) is 0 Å². The summed E-state index contributed by atoms with van der Waals surface area (Å²) in [5.41, 5.74) is 2.46. The average molecular weight is 489 g/mol. The van der Waals surface area contributed by atoms with Crippen LogP contribution in [0.1, 0.15) is 27.4 Å². The Morgan fingerprint density at radius 3 is 2.17 bits per heavy atom. The number of methoxy groups -OCH3 is 3. The lowest BCUT2D eigenvalue weighted by Gasteiger charge is -2.25. The van der Waals surface area contributed by atoms with Crippen LogP contribution in [0.3, 0.4) is 0 Å². The molecular formula is C29H32N2O5. The molecule has 188 valence electrons. The van der Waals surface area contributed by atoms with E-state index in [9.17, 15) is 9.59 Å². The number of hydrogen-bond donors (Lipinski definition) is 0. The largest absolute Gasteiger partial charge is 0.497 e. The normalized spacial score (nSPS) is 16.9. The first-order valence-electron chi connectivity index (χ1n) is 11.9. The van der Waals surface area contributed by atoms with Crippen LogP contribution in [0.5, 0.6) is 17.2 Å². The first kappa shape index (κ1) is 25.1. The maximum absolute atomic E-state index is 13.8. The Labute approximate surface area is 212 Å². The minimum atomic E-state index is -0.429. The molecule has 0 spiro atoms. The number of benzene rings is 3. The molecule has 1 heterocycles. The number of rotatable bonds is 8. The third kappa shape index (κ3) is 5.30. The molecule has 0 aromatic heterocycles. The van der Waals surface area contributed by atoms with E-state index in [0.29, 0.717) is 42.4 Å². The molecule has 2 amide bonds. The molecule has 1 saturated heterocycles. The topological polar surface area (TPSA) is 68.3 Å². The standard InChI is InChI=1S/C29H32N2O5/c1-30(17-20-8-6-5-7-9-20)29(33)26-19-31(28(32)21-10-12-22(34-2)13-11-21)18-25(26)24-16-23(35-3)14-15-27(24)36-4/h5-16,25-26H,17-19H2,1-4H3/t25-,26-/m0/s1. The van der Waals surface area contributed by atoms with Crippen LogP contribution in [0, 0.1) is 5.92 Å². The van der Waals surface area contributed by atoms with E-state index in [4.69, 9.17) is 14.2 Å². The summed E-state index contributed by atoms with van der Waals surface area (Å²) >= 11 is 0. The van der Waals surface area contributed by atoms with Crippen molar-refractivity contribution in [3.8, 4) is 17.2 Å². The summed E-state index contributed by atoms with van der Waals surface area (Å²) in [6.07, 6.45) is 0. The molecule has 0 bridgehead atoms. The first-order chi connectivity index (χ1) is 17.4. The second kappa shape index (κ2) is 11.2. The van der Waals surface area contributed by atoms with Crippen LogP contribution in [-0.4, -0.2) is 63.1 Å². The van der Waals surface area contributed by atoms with Gasteiger partial charge < -0.3 is 24.0 Å². The highest BCUT2D eigenvalue weighted by atomic mass is 16.5. The van der Waals surface area contributed by atoms with E-state index in [1.807, 2.05) is 55.6 Å². The smallest absolute Gasteiger partial charge is 0.253 e. The van der Waals surface area contributed by atoms with Crippen molar-refractivity contribution in [1.29, 1.82) is 0 Å². The highest BCUT2D eigenvalue weighted by Crippen LogP contribution is 2.40. The fourth-order valence-electron chi connectivity index (χ4n) is 4.80. The molecule has 2 atom stereocenters. The van der Waals surface area contributed by atoms with Crippen molar-refractivity contribution < 1.29 is 23.8 Å². The second-order valence-corrected chi connectivity index (χ2v) is 8.94. The Bertz CT molecular complexity index is 1200. The summed E-state index contributed by atoms with van der Waals surface area (Å²) in [4.78, 5) is 30.7. The van der Waals surface area contributed by atoms with Crippen molar-refractivity contribution in [1.82, 2.24) is 9.80 Å². The number of amides is 2. The first-order valence-corrected chi connectivity index (χ1v) is 11.9. The van der Waals surface area contributed by atoms with Gasteiger partial charge >= 0.3 is 0 Å². The van der Waals surface area contributed by atoms with E-state index < -0.39 is 5.92 Å². The van der Waals surface area contributed by atoms with Crippen LogP contribution in [0.2, 0.25) is 0 Å². The predicted octanol–water partition coefficient (Wildman–Crippen LogP) is 4.23. The molecule has 36 heavy (non-hydrogen) atoms. The van der Waals surface area contributed by atoms with Gasteiger partial charge in [-0.1, -0.05) is 30.3 Å². The van der Waals surface area contributed by atoms with Gasteiger partial charge in [0.15, 0.2) is 0 Å². The van der Waals surface area contributed by atoms with Crippen LogP contribution in [0.4, 0.5) is 0 Å². The van der Waals surface area contributed by atoms with Crippen molar-refractivity contribution in [2.24, 2.45) is 5.92 Å². The van der Waals surface area contributed by atoms with E-state index in [1.165, 1.54) is 0 Å². The van der Waals surface area contributed by atoms with Crippen LogP contribution >= 0.6 is 0 Å². The summed E-state index contributed by atoms with van der Waals surface area (Å²) in [6, 6.07) is 22.5. The molecule has 4 rings (SSSR count). The lowest BCUT2D eigenvalue weighted by Crippen LogP contribution is -2.36. The molecule has 3 aromatic carbocycles. The fraction of sp³-hybridized carbons (Fsp3) is 0.310. The number of carbonyl (C=O) groups excluding carboxylic acids is 2. The third-order valence-corrected chi connectivity index (χ3v) is 6.74. The molecule has 0 saturated carbocycles. The summed E-state index contributed by atoms with van der Waals surface area (Å²) in [7, 11) is 6.61. The molecule has 0 unspecified atom stereocenters. The number of ether oxygens (including phenoxy) is 3. The highest BCUT2D eigenvalue weighted by molar-refractivity contribution is 5.95. The molecule has 0 N–H and O–H groups in total. The van der Waals surface area contributed by atoms with Crippen LogP contribution in [0.25, 0.3) is 0 Å². The molecule has 3 aromatic rings. The molecule has 1 fully saturated rings. The molecule has 1 aliphatic heterocycles. The zero-order valence-electron chi connectivity index (χ0n) is 21.1. The quantitative estimate of drug-likeness (QED) is 0.475. The Hall–Kier alpha value is -4.00. The van der Waals surface area contributed by atoms with E-state index in [1.54, 1.807) is 55.4 Å². The number of likely N-dealkylation sites (tertiary alicyclic amines) is 1. The van der Waals surface area contributed by atoms with Gasteiger partial charge in [0.2, 0.25) is 5.91 Å². The average Bonchev–Trinajstić information content (AvgIpc) is 3.37. The van der Waals surface area contributed by atoms with Gasteiger partial charge in [-0.2, -0.15) is 0 Å². The number of carbonyl (C=O) groups is 2. The minimum absolute atomic E-state index is 0.0150. The van der Waals surface area contributed by atoms with Gasteiger partial charge in [0, 0.05) is 43.7 Å². The molecular weight excluding hydrogens is 456 g/mol. The van der Waals surface area contributed by atoms with E-state index in [-0.39, 0.29) is 17.7 Å². The van der Waals surface area contributed by atoms with Crippen molar-refractivity contribution in [3.05, 3.63) is 89.5 Å². The highest BCUT2D eigenvalue weighted by Gasteiger charge is 2.43. The maximum Gasteiger partial charge on any atom is 0.253 e. The van der Waals surface area contributed by atoms with E-state index in [0.717, 1.165) is 11.1 Å². The Morgan fingerprint density at radius 2 is 1.53 bits per heavy atom. The lowest BCUT2D eigenvalue weighted by molar-refractivity contribution is -0.134. The molecule has 7 heteroatoms. The zero-order chi connectivity index (χ0) is 25.7. The Kier molecular flexibility index (Phi) is 7.78. The van der Waals surface area contributed by atoms with E-state index >= 15 is 0 Å². The summed E-state index contributed by atoms with van der Waals surface area (Å²) in [6.45, 7) is 1.20. The van der Waals surface area contributed by atoms with Crippen molar-refractivity contribution in [2.45, 2.75) is 12.5 Å². The maximum atomic E-state index is 13.8. The zero-order valence-corrected chi connectivity index (χ0v) is 21.1. The molecule has 7 nitrogen and oxygen atoms in total. The molecule has 0 radical (unpaired) electrons. The van der Waals surface area contributed by atoms with Gasteiger partial charge in [-0.25, -0.2) is 0 Å². The summed E-state index contributed by atoms with van der Waals surface area (Å²) in [5.74, 6) is 1.22. The van der Waals surface area contributed by atoms with Gasteiger partial charge in [0.05, 0.1) is 27.2 Å². The second-order valence-electron chi connectivity index (χ2n) is 8.94. The summed E-state index contributed by atoms with van der Waals surface area (Å²) < 4.78 is 16.3. The Morgan fingerprint density at radius 1 is 0.861 bits per heavy atom. The van der Waals surface area contributed by atoms with Gasteiger partial charge in [0.1, 0.15) is 17.2 Å². The number of hydrogen-bond acceptors (Lipinski definition) is 5. The van der Waals surface area contributed by atoms with Crippen molar-refractivity contribution in [2.75, 3.05) is 41.5 Å². The van der Waals surface area contributed by atoms with Crippen molar-refractivity contribution in [3.63, 3.8) is 0 Å². The van der Waals surface area contributed by atoms with Crippen LogP contribution in [-0.2, 0) is 11.3 Å². The lowest BCUT2D eigenvalue weighted by atomic mass is 9.87. The van der Waals surface area contributed by atoms with Gasteiger partial charge in [-0.05, 0) is 48.0 Å². The van der Waals surface area contributed by atoms with Crippen molar-refractivity contribution >= 4 is 11.8 Å². The molecule has 0 aliphatic carbocycles. The molecule has 1 aliphatic rings. The van der Waals surface area contributed by atoms with Crippen LogP contribution in [0.15, 0.2) is 72.8 Å². The third-order valence-electron chi connectivity index (χ3n) is 6.74. The Balaban J connectivity index is 1.65. The van der Waals surface area contributed by atoms with Gasteiger partial charge in [0.25, 0.3) is 5.91 Å². The van der Waals surface area contributed by atoms with Crippen LogP contribution < -0.4 is 14.2 Å². The predicted molar refractivity (Wildman–Crippen MR) is 138 cm³/mol. The monoisotopic (exact) mass is 488 g/mol. The van der Waals surface area contributed by atoms with E-state index in [2.05, 4.69) is 0 Å². The number of nitrogens with zero attached hydrogens (tertiary/aromatic N) is 2. The van der Waals surface area contributed by atoms with Gasteiger partial charge in [-0.3, -0.25) is 9.59 Å².